The number of carbonyl (C=O) groups excluding carboxylic acids is 1. The first-order valence-corrected chi connectivity index (χ1v) is 5.78. The van der Waals surface area contributed by atoms with Crippen molar-refractivity contribution in [3.63, 3.8) is 0 Å². The zero-order valence-corrected chi connectivity index (χ0v) is 10.5. The van der Waals surface area contributed by atoms with Crippen molar-refractivity contribution in [3.8, 4) is 0 Å². The fourth-order valence-electron chi connectivity index (χ4n) is 1.54. The summed E-state index contributed by atoms with van der Waals surface area (Å²) in [4.78, 5) is 11.9. The molecule has 0 aliphatic rings. The Morgan fingerprint density at radius 1 is 1.22 bits per heavy atom. The molecule has 92 valence electrons. The van der Waals surface area contributed by atoms with Crippen LogP contribution in [0.5, 0.6) is 0 Å². The standard InChI is InChI=1S/C14H11ClFNO/c1-9-8-10(6-7-12(9)16)14(18)17-13-5-3-2-4-11(13)15/h2-8H,1H3,(H,17,18). The molecule has 0 saturated carbocycles. The van der Waals surface area contributed by atoms with Crippen LogP contribution in [-0.2, 0) is 0 Å². The highest BCUT2D eigenvalue weighted by Gasteiger charge is 2.09. The average molecular weight is 264 g/mol. The number of aryl methyl sites for hydroxylation is 1. The fraction of sp³-hybridized carbons (Fsp3) is 0.0714. The first-order valence-electron chi connectivity index (χ1n) is 5.40. The van der Waals surface area contributed by atoms with Crippen LogP contribution in [0.1, 0.15) is 15.9 Å². The first-order chi connectivity index (χ1) is 8.58. The Morgan fingerprint density at radius 3 is 2.61 bits per heavy atom. The van der Waals surface area contributed by atoms with Gasteiger partial charge in [-0.15, -0.1) is 0 Å². The van der Waals surface area contributed by atoms with Crippen LogP contribution in [0.3, 0.4) is 0 Å². The van der Waals surface area contributed by atoms with Crippen LogP contribution >= 0.6 is 11.6 Å². The number of hydrogen-bond donors (Lipinski definition) is 1. The molecule has 0 aliphatic heterocycles. The van der Waals surface area contributed by atoms with Gasteiger partial charge in [-0.25, -0.2) is 4.39 Å². The van der Waals surface area contributed by atoms with E-state index in [-0.39, 0.29) is 11.7 Å². The van der Waals surface area contributed by atoms with E-state index in [1.54, 1.807) is 31.2 Å². The van der Waals surface area contributed by atoms with Crippen molar-refractivity contribution in [1.29, 1.82) is 0 Å². The van der Waals surface area contributed by atoms with Gasteiger partial charge in [-0.1, -0.05) is 23.7 Å². The third-order valence-electron chi connectivity index (χ3n) is 2.54. The number of amides is 1. The number of para-hydroxylation sites is 1. The van der Waals surface area contributed by atoms with Crippen molar-refractivity contribution in [3.05, 3.63) is 64.4 Å². The Labute approximate surface area is 109 Å². The molecule has 0 spiro atoms. The van der Waals surface area contributed by atoms with E-state index >= 15 is 0 Å². The predicted molar refractivity (Wildman–Crippen MR) is 70.5 cm³/mol. The molecule has 1 amide bonds. The summed E-state index contributed by atoms with van der Waals surface area (Å²) in [6.45, 7) is 1.61. The van der Waals surface area contributed by atoms with Crippen LogP contribution in [0, 0.1) is 12.7 Å². The molecule has 4 heteroatoms. The maximum atomic E-state index is 13.1. The van der Waals surface area contributed by atoms with E-state index in [0.717, 1.165) is 0 Å². The zero-order chi connectivity index (χ0) is 13.1. The number of anilines is 1. The molecule has 0 bridgehead atoms. The van der Waals surface area contributed by atoms with Gasteiger partial charge in [0.1, 0.15) is 5.82 Å². The second-order valence-electron chi connectivity index (χ2n) is 3.90. The molecule has 18 heavy (non-hydrogen) atoms. The monoisotopic (exact) mass is 263 g/mol. The van der Waals surface area contributed by atoms with Crippen LogP contribution < -0.4 is 5.32 Å². The minimum absolute atomic E-state index is 0.314. The number of halogens is 2. The summed E-state index contributed by atoms with van der Waals surface area (Å²) in [7, 11) is 0. The lowest BCUT2D eigenvalue weighted by Gasteiger charge is -2.07. The highest BCUT2D eigenvalue weighted by atomic mass is 35.5. The predicted octanol–water partition coefficient (Wildman–Crippen LogP) is 4.04. The minimum atomic E-state index is -0.329. The summed E-state index contributed by atoms with van der Waals surface area (Å²) >= 11 is 5.94. The normalized spacial score (nSPS) is 10.2. The number of rotatable bonds is 2. The maximum absolute atomic E-state index is 13.1. The van der Waals surface area contributed by atoms with E-state index in [9.17, 15) is 9.18 Å². The van der Waals surface area contributed by atoms with Crippen LogP contribution in [0.2, 0.25) is 5.02 Å². The molecule has 0 aromatic heterocycles. The second-order valence-corrected chi connectivity index (χ2v) is 4.31. The Hall–Kier alpha value is -1.87. The fourth-order valence-corrected chi connectivity index (χ4v) is 1.73. The molecule has 0 radical (unpaired) electrons. The SMILES string of the molecule is Cc1cc(C(=O)Nc2ccccc2Cl)ccc1F. The van der Waals surface area contributed by atoms with Gasteiger partial charge in [0, 0.05) is 5.56 Å². The molecular formula is C14H11ClFNO. The lowest BCUT2D eigenvalue weighted by atomic mass is 10.1. The van der Waals surface area contributed by atoms with E-state index in [1.165, 1.54) is 18.2 Å². The Kier molecular flexibility index (Phi) is 3.63. The van der Waals surface area contributed by atoms with Crippen molar-refractivity contribution in [2.24, 2.45) is 0 Å². The summed E-state index contributed by atoms with van der Waals surface area (Å²) in [5.74, 6) is -0.643. The van der Waals surface area contributed by atoms with Crippen LogP contribution in [0.4, 0.5) is 10.1 Å². The average Bonchev–Trinajstić information content (AvgIpc) is 2.35. The van der Waals surface area contributed by atoms with Crippen molar-refractivity contribution in [2.45, 2.75) is 6.92 Å². The van der Waals surface area contributed by atoms with Gasteiger partial charge in [0.2, 0.25) is 0 Å². The van der Waals surface area contributed by atoms with Gasteiger partial charge in [-0.05, 0) is 42.8 Å². The molecule has 1 N–H and O–H groups in total. The first kappa shape index (κ1) is 12.6. The van der Waals surface area contributed by atoms with E-state index in [0.29, 0.717) is 21.8 Å². The summed E-state index contributed by atoms with van der Waals surface area (Å²) in [5.41, 5.74) is 1.36. The third kappa shape index (κ3) is 2.68. The van der Waals surface area contributed by atoms with Gasteiger partial charge in [-0.2, -0.15) is 0 Å². The van der Waals surface area contributed by atoms with Gasteiger partial charge in [0.05, 0.1) is 10.7 Å². The topological polar surface area (TPSA) is 29.1 Å². The van der Waals surface area contributed by atoms with Crippen molar-refractivity contribution < 1.29 is 9.18 Å². The molecule has 0 unspecified atom stereocenters. The third-order valence-corrected chi connectivity index (χ3v) is 2.87. The van der Waals surface area contributed by atoms with Crippen LogP contribution in [0.15, 0.2) is 42.5 Å². The molecule has 0 aliphatic carbocycles. The Bertz CT molecular complexity index is 598. The summed E-state index contributed by atoms with van der Waals surface area (Å²) < 4.78 is 13.1. The second kappa shape index (κ2) is 5.19. The van der Waals surface area contributed by atoms with Crippen molar-refractivity contribution in [1.82, 2.24) is 0 Å². The number of nitrogens with one attached hydrogen (secondary N) is 1. The van der Waals surface area contributed by atoms with Gasteiger partial charge in [0.15, 0.2) is 0 Å². The van der Waals surface area contributed by atoms with Crippen molar-refractivity contribution >= 4 is 23.2 Å². The quantitative estimate of drug-likeness (QED) is 0.870. The lowest BCUT2D eigenvalue weighted by Crippen LogP contribution is -2.12. The zero-order valence-electron chi connectivity index (χ0n) is 9.71. The summed E-state index contributed by atoms with van der Waals surface area (Å²) in [6.07, 6.45) is 0. The Balaban J connectivity index is 2.22. The van der Waals surface area contributed by atoms with Crippen molar-refractivity contribution in [2.75, 3.05) is 5.32 Å². The smallest absolute Gasteiger partial charge is 0.255 e. The molecule has 0 atom stereocenters. The number of carbonyl (C=O) groups is 1. The summed E-state index contributed by atoms with van der Waals surface area (Å²) in [6, 6.07) is 11.2. The molecule has 2 aromatic carbocycles. The van der Waals surface area contributed by atoms with Gasteiger partial charge < -0.3 is 5.32 Å². The van der Waals surface area contributed by atoms with E-state index in [4.69, 9.17) is 11.6 Å². The highest BCUT2D eigenvalue weighted by Crippen LogP contribution is 2.21. The molecule has 0 heterocycles. The minimum Gasteiger partial charge on any atom is -0.321 e. The molecular weight excluding hydrogens is 253 g/mol. The molecule has 2 nitrogen and oxygen atoms in total. The van der Waals surface area contributed by atoms with E-state index < -0.39 is 0 Å². The van der Waals surface area contributed by atoms with Gasteiger partial charge in [-0.3, -0.25) is 4.79 Å². The van der Waals surface area contributed by atoms with E-state index in [1.807, 2.05) is 0 Å². The van der Waals surface area contributed by atoms with E-state index in [2.05, 4.69) is 5.32 Å². The van der Waals surface area contributed by atoms with Crippen LogP contribution in [-0.4, -0.2) is 5.91 Å². The Morgan fingerprint density at radius 2 is 1.94 bits per heavy atom. The maximum Gasteiger partial charge on any atom is 0.255 e. The molecule has 2 rings (SSSR count). The van der Waals surface area contributed by atoms with Gasteiger partial charge >= 0.3 is 0 Å². The highest BCUT2D eigenvalue weighted by molar-refractivity contribution is 6.33. The number of benzene rings is 2. The number of hydrogen-bond acceptors (Lipinski definition) is 1. The summed E-state index contributed by atoms with van der Waals surface area (Å²) in [5, 5.41) is 3.14. The van der Waals surface area contributed by atoms with Gasteiger partial charge in [0.25, 0.3) is 5.91 Å². The molecule has 0 saturated heterocycles. The lowest BCUT2D eigenvalue weighted by molar-refractivity contribution is 0.102. The largest absolute Gasteiger partial charge is 0.321 e. The van der Waals surface area contributed by atoms with Crippen LogP contribution in [0.25, 0.3) is 0 Å². The molecule has 0 fully saturated rings. The molecule has 2 aromatic rings.